The van der Waals surface area contributed by atoms with Gasteiger partial charge in [-0.15, -0.1) is 6.58 Å². The maximum atomic E-state index is 12.6. The monoisotopic (exact) mass is 323 g/mol. The summed E-state index contributed by atoms with van der Waals surface area (Å²) in [5.74, 6) is -0.521. The first-order chi connectivity index (χ1) is 11.5. The molecule has 0 radical (unpaired) electrons. The largest absolute Gasteiger partial charge is 0.383 e. The van der Waals surface area contributed by atoms with Crippen molar-refractivity contribution in [1.82, 2.24) is 9.80 Å². The summed E-state index contributed by atoms with van der Waals surface area (Å²) in [7, 11) is 4.04. The van der Waals surface area contributed by atoms with Gasteiger partial charge in [-0.3, -0.25) is 14.5 Å². The molecule has 5 nitrogen and oxygen atoms in total. The molecule has 0 fully saturated rings. The molecule has 0 atom stereocenters. The molecule has 24 heavy (non-hydrogen) atoms. The fourth-order valence-electron chi connectivity index (χ4n) is 3.01. The molecule has 124 valence electrons. The average molecular weight is 323 g/mol. The second-order valence-corrected chi connectivity index (χ2v) is 6.13. The molecule has 0 aromatic heterocycles. The lowest BCUT2D eigenvalue weighted by atomic mass is 9.93. The first kappa shape index (κ1) is 16.2. The molecular formula is C19H21N3O2. The van der Waals surface area contributed by atoms with Crippen LogP contribution in [0.4, 0.5) is 5.69 Å². The van der Waals surface area contributed by atoms with Gasteiger partial charge >= 0.3 is 0 Å². The van der Waals surface area contributed by atoms with Crippen molar-refractivity contribution in [2.45, 2.75) is 0 Å². The van der Waals surface area contributed by atoms with Crippen molar-refractivity contribution in [2.24, 2.45) is 0 Å². The quantitative estimate of drug-likeness (QED) is 0.656. The molecule has 0 spiro atoms. The Labute approximate surface area is 141 Å². The van der Waals surface area contributed by atoms with Crippen LogP contribution in [0.3, 0.4) is 0 Å². The number of carbonyl (C=O) groups excluding carboxylic acids is 2. The van der Waals surface area contributed by atoms with Crippen LogP contribution in [0.15, 0.2) is 43.0 Å². The predicted octanol–water partition coefficient (Wildman–Crippen LogP) is 2.60. The smallest absolute Gasteiger partial charge is 0.261 e. The minimum absolute atomic E-state index is 0.219. The molecule has 2 aromatic carbocycles. The second kappa shape index (κ2) is 6.45. The third-order valence-electron chi connectivity index (χ3n) is 4.18. The van der Waals surface area contributed by atoms with Gasteiger partial charge < -0.3 is 10.2 Å². The van der Waals surface area contributed by atoms with Crippen LogP contribution in [0.1, 0.15) is 20.7 Å². The number of hydrogen-bond donors (Lipinski definition) is 1. The number of nitrogens with zero attached hydrogens (tertiary/aromatic N) is 2. The average Bonchev–Trinajstić information content (AvgIpc) is 2.57. The van der Waals surface area contributed by atoms with E-state index in [0.29, 0.717) is 11.1 Å². The number of imide groups is 1. The molecular weight excluding hydrogens is 302 g/mol. The van der Waals surface area contributed by atoms with Gasteiger partial charge in [0.25, 0.3) is 11.8 Å². The lowest BCUT2D eigenvalue weighted by Crippen LogP contribution is -2.40. The van der Waals surface area contributed by atoms with Crippen molar-refractivity contribution >= 4 is 28.3 Å². The molecule has 1 heterocycles. The first-order valence-corrected chi connectivity index (χ1v) is 7.96. The molecule has 0 saturated heterocycles. The third-order valence-corrected chi connectivity index (χ3v) is 4.18. The molecule has 1 aliphatic heterocycles. The highest BCUT2D eigenvalue weighted by atomic mass is 16.2. The lowest BCUT2D eigenvalue weighted by molar-refractivity contribution is 0.0629. The minimum Gasteiger partial charge on any atom is -0.383 e. The molecule has 2 aromatic rings. The van der Waals surface area contributed by atoms with Gasteiger partial charge in [-0.1, -0.05) is 18.2 Å². The summed E-state index contributed by atoms with van der Waals surface area (Å²) in [4.78, 5) is 28.6. The number of hydrogen-bond acceptors (Lipinski definition) is 4. The van der Waals surface area contributed by atoms with Crippen molar-refractivity contribution in [3.63, 3.8) is 0 Å². The Hall–Kier alpha value is -2.66. The normalized spacial score (nSPS) is 13.7. The van der Waals surface area contributed by atoms with Crippen molar-refractivity contribution in [2.75, 3.05) is 39.0 Å². The van der Waals surface area contributed by atoms with Gasteiger partial charge in [0.2, 0.25) is 0 Å². The van der Waals surface area contributed by atoms with Crippen LogP contribution < -0.4 is 5.32 Å². The van der Waals surface area contributed by atoms with E-state index in [-0.39, 0.29) is 18.4 Å². The molecule has 3 rings (SSSR count). The summed E-state index contributed by atoms with van der Waals surface area (Å²) in [5, 5.41) is 5.04. The molecule has 0 aliphatic carbocycles. The Morgan fingerprint density at radius 3 is 2.50 bits per heavy atom. The first-order valence-electron chi connectivity index (χ1n) is 7.96. The van der Waals surface area contributed by atoms with Crippen LogP contribution in [-0.2, 0) is 0 Å². The summed E-state index contributed by atoms with van der Waals surface area (Å²) in [6.07, 6.45) is 1.57. The predicted molar refractivity (Wildman–Crippen MR) is 96.6 cm³/mol. The van der Waals surface area contributed by atoms with Crippen LogP contribution in [0.5, 0.6) is 0 Å². The Bertz CT molecular complexity index is 804. The van der Waals surface area contributed by atoms with Gasteiger partial charge in [0, 0.05) is 47.2 Å². The van der Waals surface area contributed by atoms with Crippen LogP contribution in [0, 0.1) is 0 Å². The summed E-state index contributed by atoms with van der Waals surface area (Å²) in [6.45, 7) is 5.53. The lowest BCUT2D eigenvalue weighted by Gasteiger charge is -2.27. The van der Waals surface area contributed by atoms with Crippen LogP contribution >= 0.6 is 0 Å². The molecule has 5 heteroatoms. The van der Waals surface area contributed by atoms with E-state index in [0.717, 1.165) is 29.5 Å². The van der Waals surface area contributed by atoms with E-state index in [2.05, 4.69) is 16.8 Å². The highest BCUT2D eigenvalue weighted by Gasteiger charge is 2.32. The van der Waals surface area contributed by atoms with Crippen LogP contribution in [0.25, 0.3) is 10.8 Å². The van der Waals surface area contributed by atoms with Crippen LogP contribution in [-0.4, -0.2) is 55.3 Å². The standard InChI is InChI=1S/C19H21N3O2/c1-4-11-22-18(23)14-7-5-6-13-16(20-10-12-21(2)3)9-8-15(17(13)14)19(22)24/h4-9,20H,1,10-12H2,2-3H3. The molecule has 0 unspecified atom stereocenters. The van der Waals surface area contributed by atoms with E-state index >= 15 is 0 Å². The number of nitrogens with one attached hydrogen (secondary N) is 1. The minimum atomic E-state index is -0.261. The maximum Gasteiger partial charge on any atom is 0.261 e. The molecule has 1 N–H and O–H groups in total. The SMILES string of the molecule is C=CCN1C(=O)c2cccc3c(NCCN(C)C)ccc(c23)C1=O. The number of amides is 2. The zero-order valence-corrected chi connectivity index (χ0v) is 14.0. The Morgan fingerprint density at radius 1 is 1.12 bits per heavy atom. The Morgan fingerprint density at radius 2 is 1.83 bits per heavy atom. The topological polar surface area (TPSA) is 52.7 Å². The third kappa shape index (κ3) is 2.67. The fraction of sp³-hybridized carbons (Fsp3) is 0.263. The number of carbonyl (C=O) groups is 2. The van der Waals surface area contributed by atoms with E-state index in [9.17, 15) is 9.59 Å². The summed E-state index contributed by atoms with van der Waals surface area (Å²) in [6, 6.07) is 9.30. The van der Waals surface area contributed by atoms with Gasteiger partial charge in [0.1, 0.15) is 0 Å². The zero-order chi connectivity index (χ0) is 17.3. The van der Waals surface area contributed by atoms with E-state index in [1.54, 1.807) is 18.2 Å². The molecule has 1 aliphatic rings. The number of rotatable bonds is 6. The molecule has 0 bridgehead atoms. The van der Waals surface area contributed by atoms with Crippen molar-refractivity contribution < 1.29 is 9.59 Å². The number of benzene rings is 2. The van der Waals surface area contributed by atoms with Crippen molar-refractivity contribution in [1.29, 1.82) is 0 Å². The summed E-state index contributed by atoms with van der Waals surface area (Å²) < 4.78 is 0. The van der Waals surface area contributed by atoms with E-state index in [4.69, 9.17) is 0 Å². The second-order valence-electron chi connectivity index (χ2n) is 6.13. The van der Waals surface area contributed by atoms with Gasteiger partial charge in [-0.2, -0.15) is 0 Å². The van der Waals surface area contributed by atoms with Crippen molar-refractivity contribution in [3.05, 3.63) is 54.1 Å². The Kier molecular flexibility index (Phi) is 4.36. The fourth-order valence-corrected chi connectivity index (χ4v) is 3.01. The van der Waals surface area contributed by atoms with E-state index < -0.39 is 0 Å². The Balaban J connectivity index is 2.08. The zero-order valence-electron chi connectivity index (χ0n) is 14.0. The highest BCUT2D eigenvalue weighted by Crippen LogP contribution is 2.34. The number of anilines is 1. The van der Waals surface area contributed by atoms with Gasteiger partial charge in [-0.05, 0) is 32.3 Å². The summed E-state index contributed by atoms with van der Waals surface area (Å²) >= 11 is 0. The van der Waals surface area contributed by atoms with E-state index in [1.807, 2.05) is 32.3 Å². The van der Waals surface area contributed by atoms with Crippen LogP contribution in [0.2, 0.25) is 0 Å². The number of likely N-dealkylation sites (N-methyl/N-ethyl adjacent to an activating group) is 1. The van der Waals surface area contributed by atoms with Crippen molar-refractivity contribution in [3.8, 4) is 0 Å². The van der Waals surface area contributed by atoms with Gasteiger partial charge in [0.05, 0.1) is 0 Å². The highest BCUT2D eigenvalue weighted by molar-refractivity contribution is 6.26. The molecule has 0 saturated carbocycles. The summed E-state index contributed by atoms with van der Waals surface area (Å²) in [5.41, 5.74) is 2.08. The van der Waals surface area contributed by atoms with E-state index in [1.165, 1.54) is 4.90 Å². The molecule has 2 amide bonds. The van der Waals surface area contributed by atoms with Gasteiger partial charge in [-0.25, -0.2) is 0 Å². The maximum absolute atomic E-state index is 12.6. The van der Waals surface area contributed by atoms with Gasteiger partial charge in [0.15, 0.2) is 0 Å².